The molecule has 2 atom stereocenters. The van der Waals surface area contributed by atoms with Gasteiger partial charge in [-0.2, -0.15) is 0 Å². The number of amides is 2. The fourth-order valence-electron chi connectivity index (χ4n) is 4.17. The van der Waals surface area contributed by atoms with Crippen LogP contribution in [-0.2, 0) is 19.1 Å². The van der Waals surface area contributed by atoms with Gasteiger partial charge in [0.1, 0.15) is 11.6 Å². The van der Waals surface area contributed by atoms with Gasteiger partial charge in [-0.1, -0.05) is 12.1 Å². The highest BCUT2D eigenvalue weighted by Gasteiger charge is 2.32. The highest BCUT2D eigenvalue weighted by Crippen LogP contribution is 2.28. The van der Waals surface area contributed by atoms with Crippen molar-refractivity contribution >= 4 is 29.3 Å². The van der Waals surface area contributed by atoms with Crippen LogP contribution in [0.1, 0.15) is 49.8 Å². The minimum absolute atomic E-state index is 0.0147. The Bertz CT molecular complexity index is 1050. The first-order chi connectivity index (χ1) is 16.8. The van der Waals surface area contributed by atoms with Crippen LogP contribution >= 0.6 is 0 Å². The van der Waals surface area contributed by atoms with Crippen LogP contribution in [0.2, 0.25) is 0 Å². The van der Waals surface area contributed by atoms with Gasteiger partial charge in [-0.05, 0) is 61.7 Å². The minimum Gasteiger partial charge on any atom is -0.497 e. The van der Waals surface area contributed by atoms with Crippen molar-refractivity contribution in [2.45, 2.75) is 38.6 Å². The lowest BCUT2D eigenvalue weighted by molar-refractivity contribution is -0.144. The quantitative estimate of drug-likeness (QED) is 0.272. The molecule has 2 aromatic carbocycles. The molecule has 1 aliphatic rings. The van der Waals surface area contributed by atoms with E-state index in [0.29, 0.717) is 30.0 Å². The van der Waals surface area contributed by atoms with E-state index < -0.39 is 17.9 Å². The molecular weight excluding hydrogens is 448 g/mol. The zero-order chi connectivity index (χ0) is 25.4. The Kier molecular flexibility index (Phi) is 8.83. The number of rotatable bonds is 10. The Morgan fingerprint density at radius 2 is 1.86 bits per heavy atom. The number of nitrogen functional groups attached to an aromatic ring is 1. The molecule has 1 aliphatic heterocycles. The van der Waals surface area contributed by atoms with E-state index in [2.05, 4.69) is 5.32 Å². The third-order valence-electron chi connectivity index (χ3n) is 6.00. The number of nitrogens with two attached hydrogens (primary N) is 1. The Morgan fingerprint density at radius 1 is 1.17 bits per heavy atom. The molecule has 3 rings (SSSR count). The maximum Gasteiger partial charge on any atom is 0.308 e. The average Bonchev–Trinajstić information content (AvgIpc) is 2.85. The summed E-state index contributed by atoms with van der Waals surface area (Å²) in [4.78, 5) is 40.0. The number of hydrogen-bond donors (Lipinski definition) is 3. The lowest BCUT2D eigenvalue weighted by Crippen LogP contribution is -2.43. The van der Waals surface area contributed by atoms with Gasteiger partial charge < -0.3 is 25.4 Å². The average molecular weight is 481 g/mol. The number of methoxy groups -OCH3 is 1. The summed E-state index contributed by atoms with van der Waals surface area (Å²) in [5, 5.41) is 10.4. The number of amidine groups is 1. The van der Waals surface area contributed by atoms with Gasteiger partial charge in [0.05, 0.1) is 26.2 Å². The predicted octanol–water partition coefficient (Wildman–Crippen LogP) is 2.92. The maximum absolute atomic E-state index is 13.2. The van der Waals surface area contributed by atoms with Gasteiger partial charge in [-0.15, -0.1) is 0 Å². The lowest BCUT2D eigenvalue weighted by atomic mass is 9.92. The van der Waals surface area contributed by atoms with E-state index in [1.807, 2.05) is 0 Å². The van der Waals surface area contributed by atoms with Crippen molar-refractivity contribution in [2.75, 3.05) is 25.2 Å². The fourth-order valence-corrected chi connectivity index (χ4v) is 4.17. The Labute approximate surface area is 205 Å². The smallest absolute Gasteiger partial charge is 0.308 e. The van der Waals surface area contributed by atoms with Crippen molar-refractivity contribution in [2.24, 2.45) is 11.7 Å². The van der Waals surface area contributed by atoms with Crippen molar-refractivity contribution in [3.63, 3.8) is 0 Å². The van der Waals surface area contributed by atoms with Crippen LogP contribution in [0.5, 0.6) is 5.75 Å². The molecule has 0 radical (unpaired) electrons. The molecule has 0 aliphatic carbocycles. The number of benzene rings is 2. The van der Waals surface area contributed by atoms with E-state index in [1.54, 1.807) is 67.5 Å². The Balaban J connectivity index is 1.68. The van der Waals surface area contributed by atoms with Crippen LogP contribution in [0, 0.1) is 11.3 Å². The summed E-state index contributed by atoms with van der Waals surface area (Å²) in [6, 6.07) is 13.5. The molecule has 1 heterocycles. The zero-order valence-electron chi connectivity index (χ0n) is 20.1. The van der Waals surface area contributed by atoms with Crippen molar-refractivity contribution in [3.8, 4) is 5.75 Å². The van der Waals surface area contributed by atoms with E-state index in [1.165, 1.54) is 0 Å². The topological polar surface area (TPSA) is 135 Å². The normalized spacial score (nSPS) is 16.3. The predicted molar refractivity (Wildman–Crippen MR) is 132 cm³/mol. The molecule has 2 amide bonds. The number of nitrogens with one attached hydrogen (secondary N) is 2. The highest BCUT2D eigenvalue weighted by molar-refractivity contribution is 5.99. The highest BCUT2D eigenvalue weighted by atomic mass is 16.5. The fraction of sp³-hybridized carbons (Fsp3) is 0.385. The van der Waals surface area contributed by atoms with E-state index in [9.17, 15) is 14.4 Å². The molecule has 2 unspecified atom stereocenters. The van der Waals surface area contributed by atoms with Crippen molar-refractivity contribution in [1.29, 1.82) is 5.41 Å². The van der Waals surface area contributed by atoms with Gasteiger partial charge in [-0.25, -0.2) is 0 Å². The molecule has 0 aromatic heterocycles. The van der Waals surface area contributed by atoms with Crippen LogP contribution in [0.25, 0.3) is 0 Å². The number of anilines is 1. The van der Waals surface area contributed by atoms with Gasteiger partial charge >= 0.3 is 5.97 Å². The van der Waals surface area contributed by atoms with Crippen molar-refractivity contribution in [1.82, 2.24) is 5.32 Å². The second-order valence-corrected chi connectivity index (χ2v) is 8.40. The van der Waals surface area contributed by atoms with Crippen LogP contribution < -0.4 is 20.7 Å². The number of carbonyl (C=O) groups is 3. The molecule has 186 valence electrons. The number of nitrogens with zero attached hydrogens (tertiary/aromatic N) is 1. The summed E-state index contributed by atoms with van der Waals surface area (Å²) >= 11 is 0. The summed E-state index contributed by atoms with van der Waals surface area (Å²) < 4.78 is 10.3. The van der Waals surface area contributed by atoms with Crippen LogP contribution in [0.15, 0.2) is 48.5 Å². The summed E-state index contributed by atoms with van der Waals surface area (Å²) in [6.07, 6.45) is 1.39. The largest absolute Gasteiger partial charge is 0.497 e. The van der Waals surface area contributed by atoms with Crippen LogP contribution in [-0.4, -0.2) is 43.9 Å². The lowest BCUT2D eigenvalue weighted by Gasteiger charge is -2.32. The van der Waals surface area contributed by atoms with E-state index in [-0.39, 0.29) is 37.1 Å². The van der Waals surface area contributed by atoms with Gasteiger partial charge in [0, 0.05) is 30.1 Å². The van der Waals surface area contributed by atoms with E-state index in [4.69, 9.17) is 20.6 Å². The van der Waals surface area contributed by atoms with E-state index in [0.717, 1.165) is 12.0 Å². The van der Waals surface area contributed by atoms with Gasteiger partial charge in [0.25, 0.3) is 0 Å². The molecule has 4 N–H and O–H groups in total. The molecule has 9 heteroatoms. The number of hydrogen-bond acceptors (Lipinski definition) is 6. The van der Waals surface area contributed by atoms with E-state index >= 15 is 0 Å². The molecule has 2 aromatic rings. The molecule has 1 fully saturated rings. The molecule has 35 heavy (non-hydrogen) atoms. The van der Waals surface area contributed by atoms with Crippen LogP contribution in [0.4, 0.5) is 5.69 Å². The second-order valence-electron chi connectivity index (χ2n) is 8.40. The minimum atomic E-state index is -0.582. The summed E-state index contributed by atoms with van der Waals surface area (Å²) in [7, 11) is 1.56. The van der Waals surface area contributed by atoms with Crippen molar-refractivity contribution in [3.05, 3.63) is 59.7 Å². The zero-order valence-corrected chi connectivity index (χ0v) is 20.1. The summed E-state index contributed by atoms with van der Waals surface area (Å²) in [5.41, 5.74) is 7.55. The van der Waals surface area contributed by atoms with Gasteiger partial charge in [0.2, 0.25) is 11.8 Å². The second kappa shape index (κ2) is 12.0. The molecule has 1 saturated heterocycles. The first-order valence-corrected chi connectivity index (χ1v) is 11.7. The first-order valence-electron chi connectivity index (χ1n) is 11.7. The third kappa shape index (κ3) is 6.81. The number of carbonyl (C=O) groups excluding carboxylic acids is 3. The van der Waals surface area contributed by atoms with Gasteiger partial charge in [-0.3, -0.25) is 19.8 Å². The number of ether oxygens (including phenoxy) is 2. The molecule has 0 bridgehead atoms. The van der Waals surface area contributed by atoms with Crippen molar-refractivity contribution < 1.29 is 23.9 Å². The Hall–Kier alpha value is -3.88. The maximum atomic E-state index is 13.2. The van der Waals surface area contributed by atoms with Gasteiger partial charge in [0.15, 0.2) is 0 Å². The standard InChI is InChI=1S/C26H32N4O5/c1-3-35-24(32)16-22(17-8-12-21(34-2)13-9-17)29-23(31)15-19-5-4-14-30(26(19)33)20-10-6-18(7-11-20)25(27)28/h6-13,19,22H,3-5,14-16H2,1-2H3,(H3,27,28)(H,29,31). The molecule has 0 saturated carbocycles. The molecule has 0 spiro atoms. The summed E-state index contributed by atoms with van der Waals surface area (Å²) in [6.45, 7) is 2.54. The monoisotopic (exact) mass is 480 g/mol. The number of esters is 1. The van der Waals surface area contributed by atoms with Crippen LogP contribution in [0.3, 0.4) is 0 Å². The molecular formula is C26H32N4O5. The number of piperidine rings is 1. The summed E-state index contributed by atoms with van der Waals surface area (Å²) in [5.74, 6) is -0.669. The molecule has 9 nitrogen and oxygen atoms in total. The Morgan fingerprint density at radius 3 is 2.46 bits per heavy atom. The first kappa shape index (κ1) is 25.7. The SMILES string of the molecule is CCOC(=O)CC(NC(=O)CC1CCCN(c2ccc(C(=N)N)cc2)C1=O)c1ccc(OC)cc1. The third-order valence-corrected chi connectivity index (χ3v) is 6.00.